The Kier molecular flexibility index (Phi) is 3.69. The molecule has 0 spiro atoms. The van der Waals surface area contributed by atoms with Gasteiger partial charge in [-0.25, -0.2) is 0 Å². The number of carbonyl (C=O) groups is 2. The van der Waals surface area contributed by atoms with Crippen molar-refractivity contribution in [3.05, 3.63) is 60.2 Å². The third kappa shape index (κ3) is 3.48. The van der Waals surface area contributed by atoms with Crippen molar-refractivity contribution in [1.82, 2.24) is 0 Å². The van der Waals surface area contributed by atoms with Crippen LogP contribution in [0.4, 0.5) is 11.4 Å². The number of carbonyl (C=O) groups excluding carboxylic acids is 2. The zero-order chi connectivity index (χ0) is 14.7. The van der Waals surface area contributed by atoms with Crippen LogP contribution in [0.3, 0.4) is 0 Å². The van der Waals surface area contributed by atoms with Gasteiger partial charge in [0, 0.05) is 22.9 Å². The molecule has 106 valence electrons. The normalized spacial score (nSPS) is 13.5. The Balaban J connectivity index is 1.68. The lowest BCUT2D eigenvalue weighted by molar-refractivity contribution is -0.117. The molecule has 1 aliphatic carbocycles. The van der Waals surface area contributed by atoms with E-state index >= 15 is 0 Å². The molecule has 2 N–H and O–H groups in total. The quantitative estimate of drug-likeness (QED) is 0.903. The van der Waals surface area contributed by atoms with Gasteiger partial charge in [0.2, 0.25) is 5.91 Å². The third-order valence-electron chi connectivity index (χ3n) is 3.37. The van der Waals surface area contributed by atoms with Crippen LogP contribution in [-0.4, -0.2) is 11.8 Å². The van der Waals surface area contributed by atoms with Crippen molar-refractivity contribution in [2.24, 2.45) is 5.92 Å². The van der Waals surface area contributed by atoms with E-state index in [2.05, 4.69) is 10.6 Å². The standard InChI is InChI=1S/C17H16N2O2/c20-16(12-5-2-1-3-6-12)18-14-7-4-8-15(11-14)19-17(21)13-9-10-13/h1-8,11,13H,9-10H2,(H,18,20)(H,19,21). The van der Waals surface area contributed by atoms with Gasteiger partial charge >= 0.3 is 0 Å². The molecule has 1 fully saturated rings. The largest absolute Gasteiger partial charge is 0.326 e. The lowest BCUT2D eigenvalue weighted by Crippen LogP contribution is -2.14. The lowest BCUT2D eigenvalue weighted by atomic mass is 10.2. The summed E-state index contributed by atoms with van der Waals surface area (Å²) in [6, 6.07) is 16.2. The van der Waals surface area contributed by atoms with Gasteiger partial charge in [0.1, 0.15) is 0 Å². The second-order valence-electron chi connectivity index (χ2n) is 5.16. The molecule has 0 saturated heterocycles. The zero-order valence-electron chi connectivity index (χ0n) is 11.5. The van der Waals surface area contributed by atoms with Crippen LogP contribution in [0.1, 0.15) is 23.2 Å². The molecule has 1 aliphatic rings. The highest BCUT2D eigenvalue weighted by molar-refractivity contribution is 6.04. The molecule has 1 saturated carbocycles. The molecule has 0 unspecified atom stereocenters. The van der Waals surface area contributed by atoms with Gasteiger partial charge in [-0.3, -0.25) is 9.59 Å². The summed E-state index contributed by atoms with van der Waals surface area (Å²) in [5.74, 6) is 0.0513. The van der Waals surface area contributed by atoms with E-state index in [4.69, 9.17) is 0 Å². The SMILES string of the molecule is O=C(Nc1cccc(NC(=O)C2CC2)c1)c1ccccc1. The molecule has 2 aromatic rings. The van der Waals surface area contributed by atoms with Crippen molar-refractivity contribution in [3.8, 4) is 0 Å². The van der Waals surface area contributed by atoms with Crippen LogP contribution in [0.2, 0.25) is 0 Å². The van der Waals surface area contributed by atoms with E-state index in [0.717, 1.165) is 12.8 Å². The van der Waals surface area contributed by atoms with Crippen molar-refractivity contribution in [1.29, 1.82) is 0 Å². The highest BCUT2D eigenvalue weighted by Gasteiger charge is 2.29. The summed E-state index contributed by atoms with van der Waals surface area (Å²) in [6.45, 7) is 0. The minimum absolute atomic E-state index is 0.0570. The monoisotopic (exact) mass is 280 g/mol. The van der Waals surface area contributed by atoms with Gasteiger partial charge < -0.3 is 10.6 Å². The predicted octanol–water partition coefficient (Wildman–Crippen LogP) is 3.29. The molecule has 4 nitrogen and oxygen atoms in total. The number of hydrogen-bond acceptors (Lipinski definition) is 2. The lowest BCUT2D eigenvalue weighted by Gasteiger charge is -2.08. The van der Waals surface area contributed by atoms with Crippen molar-refractivity contribution in [3.63, 3.8) is 0 Å². The number of rotatable bonds is 4. The molecule has 0 atom stereocenters. The zero-order valence-corrected chi connectivity index (χ0v) is 11.5. The average molecular weight is 280 g/mol. The average Bonchev–Trinajstić information content (AvgIpc) is 3.33. The fourth-order valence-corrected chi connectivity index (χ4v) is 2.06. The van der Waals surface area contributed by atoms with Gasteiger partial charge in [-0.15, -0.1) is 0 Å². The minimum atomic E-state index is -0.165. The Morgan fingerprint density at radius 3 is 2.19 bits per heavy atom. The van der Waals surface area contributed by atoms with Crippen LogP contribution in [0.5, 0.6) is 0 Å². The number of hydrogen-bond donors (Lipinski definition) is 2. The molecule has 2 amide bonds. The highest BCUT2D eigenvalue weighted by atomic mass is 16.2. The Bertz CT molecular complexity index is 664. The number of anilines is 2. The molecular weight excluding hydrogens is 264 g/mol. The Hall–Kier alpha value is -2.62. The Morgan fingerprint density at radius 2 is 1.52 bits per heavy atom. The van der Waals surface area contributed by atoms with E-state index in [-0.39, 0.29) is 17.7 Å². The van der Waals surface area contributed by atoms with Crippen LogP contribution in [0.25, 0.3) is 0 Å². The van der Waals surface area contributed by atoms with Crippen molar-refractivity contribution >= 4 is 23.2 Å². The molecule has 0 heterocycles. The summed E-state index contributed by atoms with van der Waals surface area (Å²) in [5.41, 5.74) is 1.97. The second-order valence-corrected chi connectivity index (χ2v) is 5.16. The van der Waals surface area contributed by atoms with Gasteiger partial charge in [-0.05, 0) is 43.2 Å². The van der Waals surface area contributed by atoms with Crippen molar-refractivity contribution < 1.29 is 9.59 Å². The summed E-state index contributed by atoms with van der Waals surface area (Å²) >= 11 is 0. The Morgan fingerprint density at radius 1 is 0.857 bits per heavy atom. The first kappa shape index (κ1) is 13.4. The first-order valence-corrected chi connectivity index (χ1v) is 7.00. The molecule has 0 radical (unpaired) electrons. The topological polar surface area (TPSA) is 58.2 Å². The number of amides is 2. The molecular formula is C17H16N2O2. The smallest absolute Gasteiger partial charge is 0.255 e. The van der Waals surface area contributed by atoms with Crippen LogP contribution in [-0.2, 0) is 4.79 Å². The highest BCUT2D eigenvalue weighted by Crippen LogP contribution is 2.30. The molecule has 0 bridgehead atoms. The minimum Gasteiger partial charge on any atom is -0.326 e. The van der Waals surface area contributed by atoms with Crippen molar-refractivity contribution in [2.75, 3.05) is 10.6 Å². The van der Waals surface area contributed by atoms with Crippen LogP contribution < -0.4 is 10.6 Å². The maximum absolute atomic E-state index is 12.1. The van der Waals surface area contributed by atoms with Crippen LogP contribution in [0.15, 0.2) is 54.6 Å². The van der Waals surface area contributed by atoms with Gasteiger partial charge in [0.05, 0.1) is 0 Å². The maximum Gasteiger partial charge on any atom is 0.255 e. The number of benzene rings is 2. The first-order valence-electron chi connectivity index (χ1n) is 7.00. The van der Waals surface area contributed by atoms with E-state index in [9.17, 15) is 9.59 Å². The summed E-state index contributed by atoms with van der Waals surface area (Å²) in [6.07, 6.45) is 1.94. The van der Waals surface area contributed by atoms with E-state index in [1.807, 2.05) is 30.3 Å². The van der Waals surface area contributed by atoms with Gasteiger partial charge in [0.15, 0.2) is 0 Å². The van der Waals surface area contributed by atoms with E-state index in [1.165, 1.54) is 0 Å². The van der Waals surface area contributed by atoms with Crippen LogP contribution in [0, 0.1) is 5.92 Å². The van der Waals surface area contributed by atoms with E-state index in [0.29, 0.717) is 16.9 Å². The van der Waals surface area contributed by atoms with Gasteiger partial charge in [0.25, 0.3) is 5.91 Å². The van der Waals surface area contributed by atoms with Crippen LogP contribution >= 0.6 is 0 Å². The van der Waals surface area contributed by atoms with E-state index in [1.54, 1.807) is 24.3 Å². The second kappa shape index (κ2) is 5.79. The molecule has 0 aliphatic heterocycles. The molecule has 0 aromatic heterocycles. The van der Waals surface area contributed by atoms with Gasteiger partial charge in [-0.2, -0.15) is 0 Å². The summed E-state index contributed by atoms with van der Waals surface area (Å²) in [4.78, 5) is 23.8. The summed E-state index contributed by atoms with van der Waals surface area (Å²) < 4.78 is 0. The van der Waals surface area contributed by atoms with E-state index < -0.39 is 0 Å². The van der Waals surface area contributed by atoms with Crippen molar-refractivity contribution in [2.45, 2.75) is 12.8 Å². The molecule has 3 rings (SSSR count). The number of nitrogens with one attached hydrogen (secondary N) is 2. The third-order valence-corrected chi connectivity index (χ3v) is 3.37. The fourth-order valence-electron chi connectivity index (χ4n) is 2.06. The van der Waals surface area contributed by atoms with Gasteiger partial charge in [-0.1, -0.05) is 24.3 Å². The first-order chi connectivity index (χ1) is 10.2. The fraction of sp³-hybridized carbons (Fsp3) is 0.176. The maximum atomic E-state index is 12.1. The molecule has 4 heteroatoms. The Labute approximate surface area is 123 Å². The molecule has 2 aromatic carbocycles. The summed E-state index contributed by atoms with van der Waals surface area (Å²) in [5, 5.41) is 5.69. The summed E-state index contributed by atoms with van der Waals surface area (Å²) in [7, 11) is 0. The predicted molar refractivity (Wildman–Crippen MR) is 82.2 cm³/mol. The molecule has 21 heavy (non-hydrogen) atoms.